The molecule has 7 nitrogen and oxygen atoms in total. The first kappa shape index (κ1) is 17.9. The van der Waals surface area contributed by atoms with E-state index in [1.54, 1.807) is 39.2 Å². The second-order valence-electron chi connectivity index (χ2n) is 7.14. The summed E-state index contributed by atoms with van der Waals surface area (Å²) >= 11 is 0. The van der Waals surface area contributed by atoms with Crippen molar-refractivity contribution < 1.29 is 12.8 Å². The van der Waals surface area contributed by atoms with E-state index in [9.17, 15) is 13.2 Å². The molecule has 1 saturated carbocycles. The Hall–Kier alpha value is -2.48. The number of pyridine rings is 2. The largest absolute Gasteiger partial charge is 0.438 e. The van der Waals surface area contributed by atoms with E-state index >= 15 is 0 Å². The zero-order valence-electron chi connectivity index (χ0n) is 15.5. The van der Waals surface area contributed by atoms with Gasteiger partial charge >= 0.3 is 0 Å². The second-order valence-corrected chi connectivity index (χ2v) is 9.49. The molecule has 0 aromatic carbocycles. The summed E-state index contributed by atoms with van der Waals surface area (Å²) in [6, 6.07) is 3.44. The Kier molecular flexibility index (Phi) is 4.18. The third kappa shape index (κ3) is 3.41. The van der Waals surface area contributed by atoms with E-state index in [0.717, 1.165) is 12.8 Å². The number of hydrogen-bond donors (Lipinski definition) is 0. The second kappa shape index (κ2) is 6.30. The van der Waals surface area contributed by atoms with E-state index in [2.05, 4.69) is 9.97 Å². The van der Waals surface area contributed by atoms with Crippen LogP contribution < -0.4 is 5.56 Å². The Bertz CT molecular complexity index is 1180. The smallest absolute Gasteiger partial charge is 0.253 e. The fourth-order valence-corrected chi connectivity index (χ4v) is 3.91. The molecule has 8 heteroatoms. The Balaban J connectivity index is 1.94. The van der Waals surface area contributed by atoms with E-state index in [4.69, 9.17) is 4.42 Å². The Morgan fingerprint density at radius 3 is 2.63 bits per heavy atom. The lowest BCUT2D eigenvalue weighted by atomic mass is 10.1. The number of rotatable bonds is 5. The standard InChI is InChI=1S/C19H21N3O4S/c1-4-27(24,25)10-14-8-15-17(26-18(21-15)12-5-6-12)16(20-14)13-7-11(2)19(23)22(3)9-13/h7-9,12H,4-6,10H2,1-3H3. The van der Waals surface area contributed by atoms with Crippen molar-refractivity contribution in [3.05, 3.63) is 45.8 Å². The summed E-state index contributed by atoms with van der Waals surface area (Å²) in [5.74, 6) is 0.899. The average molecular weight is 387 g/mol. The summed E-state index contributed by atoms with van der Waals surface area (Å²) in [7, 11) is -1.56. The normalized spacial score (nSPS) is 14.8. The first-order chi connectivity index (χ1) is 12.8. The van der Waals surface area contributed by atoms with E-state index in [-0.39, 0.29) is 17.1 Å². The molecular formula is C19H21N3O4S. The molecule has 0 amide bonds. The van der Waals surface area contributed by atoms with E-state index < -0.39 is 9.84 Å². The van der Waals surface area contributed by atoms with Crippen LogP contribution in [0, 0.1) is 6.92 Å². The average Bonchev–Trinajstić information content (AvgIpc) is 3.38. The molecule has 3 heterocycles. The molecule has 142 valence electrons. The molecule has 0 saturated heterocycles. The van der Waals surface area contributed by atoms with Crippen molar-refractivity contribution in [3.8, 4) is 11.3 Å². The highest BCUT2D eigenvalue weighted by Crippen LogP contribution is 2.41. The van der Waals surface area contributed by atoms with E-state index in [1.165, 1.54) is 4.57 Å². The molecular weight excluding hydrogens is 366 g/mol. The fourth-order valence-electron chi connectivity index (χ4n) is 3.11. The van der Waals surface area contributed by atoms with Crippen LogP contribution in [0.25, 0.3) is 22.4 Å². The first-order valence-electron chi connectivity index (χ1n) is 8.96. The molecule has 0 N–H and O–H groups in total. The highest BCUT2D eigenvalue weighted by molar-refractivity contribution is 7.90. The van der Waals surface area contributed by atoms with Crippen LogP contribution in [0.1, 0.15) is 42.8 Å². The predicted molar refractivity (Wildman–Crippen MR) is 102 cm³/mol. The molecule has 0 atom stereocenters. The van der Waals surface area contributed by atoms with Gasteiger partial charge in [-0.05, 0) is 31.9 Å². The van der Waals surface area contributed by atoms with Gasteiger partial charge in [0.1, 0.15) is 11.2 Å². The van der Waals surface area contributed by atoms with Crippen LogP contribution in [0.3, 0.4) is 0 Å². The molecule has 1 fully saturated rings. The van der Waals surface area contributed by atoms with Crippen molar-refractivity contribution in [1.29, 1.82) is 0 Å². The maximum atomic E-state index is 12.1. The molecule has 1 aliphatic carbocycles. The van der Waals surface area contributed by atoms with Gasteiger partial charge in [0.05, 0.1) is 11.4 Å². The summed E-state index contributed by atoms with van der Waals surface area (Å²) < 4.78 is 31.7. The summed E-state index contributed by atoms with van der Waals surface area (Å²) in [6.07, 6.45) is 3.78. The summed E-state index contributed by atoms with van der Waals surface area (Å²) in [4.78, 5) is 21.2. The molecule has 0 aliphatic heterocycles. The van der Waals surface area contributed by atoms with Crippen LogP contribution in [0.5, 0.6) is 0 Å². The van der Waals surface area contributed by atoms with Crippen LogP contribution in [-0.4, -0.2) is 28.7 Å². The van der Waals surface area contributed by atoms with Crippen molar-refractivity contribution >= 4 is 20.9 Å². The number of hydrogen-bond acceptors (Lipinski definition) is 6. The van der Waals surface area contributed by atoms with Crippen LogP contribution in [0.4, 0.5) is 0 Å². The van der Waals surface area contributed by atoms with Crippen LogP contribution >= 0.6 is 0 Å². The topological polar surface area (TPSA) is 95.1 Å². The minimum atomic E-state index is -3.24. The maximum Gasteiger partial charge on any atom is 0.253 e. The minimum Gasteiger partial charge on any atom is -0.438 e. The lowest BCUT2D eigenvalue weighted by Gasteiger charge is -2.08. The van der Waals surface area contributed by atoms with Crippen molar-refractivity contribution in [3.63, 3.8) is 0 Å². The summed E-state index contributed by atoms with van der Waals surface area (Å²) in [5.41, 5.74) is 3.29. The molecule has 3 aromatic heterocycles. The third-order valence-corrected chi connectivity index (χ3v) is 6.43. The number of oxazole rings is 1. The Morgan fingerprint density at radius 1 is 1.26 bits per heavy atom. The molecule has 0 spiro atoms. The van der Waals surface area contributed by atoms with Gasteiger partial charge < -0.3 is 8.98 Å². The van der Waals surface area contributed by atoms with Crippen molar-refractivity contribution in [2.24, 2.45) is 7.05 Å². The summed E-state index contributed by atoms with van der Waals surface area (Å²) in [5, 5.41) is 0. The van der Waals surface area contributed by atoms with Crippen molar-refractivity contribution in [1.82, 2.24) is 14.5 Å². The SMILES string of the molecule is CCS(=O)(=O)Cc1cc2nc(C3CC3)oc2c(-c2cc(C)c(=O)n(C)c2)n1. The van der Waals surface area contributed by atoms with Gasteiger partial charge in [0.25, 0.3) is 5.56 Å². The van der Waals surface area contributed by atoms with Crippen molar-refractivity contribution in [2.75, 3.05) is 5.75 Å². The van der Waals surface area contributed by atoms with Crippen LogP contribution in [-0.2, 0) is 22.6 Å². The quantitative estimate of drug-likeness (QED) is 0.668. The predicted octanol–water partition coefficient (Wildman–Crippen LogP) is 2.71. The zero-order chi connectivity index (χ0) is 19.3. The highest BCUT2D eigenvalue weighted by Gasteiger charge is 2.30. The number of fused-ring (bicyclic) bond motifs is 1. The summed E-state index contributed by atoms with van der Waals surface area (Å²) in [6.45, 7) is 3.36. The Labute approximate surface area is 157 Å². The van der Waals surface area contributed by atoms with E-state index in [0.29, 0.717) is 45.4 Å². The molecule has 0 bridgehead atoms. The number of nitrogens with zero attached hydrogens (tertiary/aromatic N) is 3. The van der Waals surface area contributed by atoms with Gasteiger partial charge in [0, 0.05) is 36.0 Å². The molecule has 0 unspecified atom stereocenters. The van der Waals surface area contributed by atoms with Crippen LogP contribution in [0.2, 0.25) is 0 Å². The van der Waals surface area contributed by atoms with Gasteiger partial charge in [-0.1, -0.05) is 6.92 Å². The number of sulfone groups is 1. The minimum absolute atomic E-state index is 0.0487. The first-order valence-corrected chi connectivity index (χ1v) is 10.8. The molecule has 1 aliphatic rings. The van der Waals surface area contributed by atoms with Gasteiger partial charge in [-0.15, -0.1) is 0 Å². The van der Waals surface area contributed by atoms with Crippen molar-refractivity contribution in [2.45, 2.75) is 38.4 Å². The lowest BCUT2D eigenvalue weighted by Crippen LogP contribution is -2.18. The third-order valence-electron chi connectivity index (χ3n) is 4.81. The molecule has 3 aromatic rings. The van der Waals surface area contributed by atoms with Gasteiger partial charge in [-0.3, -0.25) is 4.79 Å². The van der Waals surface area contributed by atoms with Gasteiger partial charge in [-0.2, -0.15) is 0 Å². The zero-order valence-corrected chi connectivity index (χ0v) is 16.3. The highest BCUT2D eigenvalue weighted by atomic mass is 32.2. The van der Waals surface area contributed by atoms with Crippen LogP contribution in [0.15, 0.2) is 27.5 Å². The molecule has 4 rings (SSSR count). The number of aryl methyl sites for hydroxylation is 2. The maximum absolute atomic E-state index is 12.1. The fraction of sp³-hybridized carbons (Fsp3) is 0.421. The lowest BCUT2D eigenvalue weighted by molar-refractivity contribution is 0.533. The van der Waals surface area contributed by atoms with Gasteiger partial charge in [-0.25, -0.2) is 18.4 Å². The molecule has 0 radical (unpaired) electrons. The molecule has 27 heavy (non-hydrogen) atoms. The van der Waals surface area contributed by atoms with Gasteiger partial charge in [0.2, 0.25) is 0 Å². The van der Waals surface area contributed by atoms with Gasteiger partial charge in [0.15, 0.2) is 21.3 Å². The monoisotopic (exact) mass is 387 g/mol. The van der Waals surface area contributed by atoms with E-state index in [1.807, 2.05) is 0 Å². The Morgan fingerprint density at radius 2 is 2.00 bits per heavy atom. The number of aromatic nitrogens is 3.